The van der Waals surface area contributed by atoms with Crippen molar-refractivity contribution >= 4 is 17.3 Å². The van der Waals surface area contributed by atoms with Crippen molar-refractivity contribution in [3.8, 4) is 11.5 Å². The second kappa shape index (κ2) is 5.05. The molecule has 2 aliphatic heterocycles. The van der Waals surface area contributed by atoms with E-state index in [0.717, 1.165) is 35.1 Å². The number of nitrogens with zero attached hydrogens (tertiary/aromatic N) is 1. The number of rotatable bonds is 3. The van der Waals surface area contributed by atoms with E-state index in [1.54, 1.807) is 7.11 Å². The Morgan fingerprint density at radius 3 is 2.90 bits per heavy atom. The Balaban J connectivity index is 2.07. The van der Waals surface area contributed by atoms with Crippen molar-refractivity contribution in [2.75, 3.05) is 13.7 Å². The van der Waals surface area contributed by atoms with Gasteiger partial charge in [-0.3, -0.25) is 0 Å². The molecule has 1 fully saturated rings. The lowest BCUT2D eigenvalue weighted by Gasteiger charge is -2.56. The molecule has 3 atom stereocenters. The number of benzene rings is 1. The number of ether oxygens (including phenoxy) is 2. The summed E-state index contributed by atoms with van der Waals surface area (Å²) in [5, 5.41) is 4.27. The summed E-state index contributed by atoms with van der Waals surface area (Å²) < 4.78 is 11.7. The van der Waals surface area contributed by atoms with Gasteiger partial charge in [-0.1, -0.05) is 13.8 Å². The standard InChI is InChI=1S/C16H22N2O2S/c1-5-8-18-15(21)17-14-10(2)16(18,3)20-13-9-11(19-4)6-7-12(13)14/h6-7,9-10,14H,5,8H2,1-4H3,(H,17,21). The van der Waals surface area contributed by atoms with Crippen LogP contribution in [-0.4, -0.2) is 29.4 Å². The van der Waals surface area contributed by atoms with E-state index < -0.39 is 5.72 Å². The fourth-order valence-electron chi connectivity index (χ4n) is 3.34. The maximum Gasteiger partial charge on any atom is 0.186 e. The van der Waals surface area contributed by atoms with Crippen LogP contribution in [0.1, 0.15) is 38.8 Å². The summed E-state index contributed by atoms with van der Waals surface area (Å²) >= 11 is 5.56. The van der Waals surface area contributed by atoms with Crippen LogP contribution >= 0.6 is 12.2 Å². The van der Waals surface area contributed by atoms with Gasteiger partial charge < -0.3 is 19.7 Å². The monoisotopic (exact) mass is 306 g/mol. The van der Waals surface area contributed by atoms with E-state index in [1.807, 2.05) is 12.1 Å². The van der Waals surface area contributed by atoms with Crippen molar-refractivity contribution in [2.45, 2.75) is 39.0 Å². The van der Waals surface area contributed by atoms with Crippen LogP contribution in [0.3, 0.4) is 0 Å². The van der Waals surface area contributed by atoms with Crippen LogP contribution in [-0.2, 0) is 0 Å². The summed E-state index contributed by atoms with van der Waals surface area (Å²) in [5.74, 6) is 2.00. The molecule has 0 amide bonds. The fourth-order valence-corrected chi connectivity index (χ4v) is 3.74. The maximum absolute atomic E-state index is 6.40. The first-order valence-electron chi connectivity index (χ1n) is 7.46. The fraction of sp³-hybridized carbons (Fsp3) is 0.562. The molecule has 1 aromatic carbocycles. The van der Waals surface area contributed by atoms with Crippen LogP contribution in [0.4, 0.5) is 0 Å². The molecular formula is C16H22N2O2S. The molecule has 0 saturated carbocycles. The Morgan fingerprint density at radius 1 is 1.48 bits per heavy atom. The second-order valence-electron chi connectivity index (χ2n) is 5.93. The third kappa shape index (κ3) is 2.06. The van der Waals surface area contributed by atoms with Gasteiger partial charge in [0.1, 0.15) is 11.5 Å². The second-order valence-corrected chi connectivity index (χ2v) is 6.31. The van der Waals surface area contributed by atoms with Gasteiger partial charge in [-0.15, -0.1) is 0 Å². The molecule has 4 nitrogen and oxygen atoms in total. The summed E-state index contributed by atoms with van der Waals surface area (Å²) in [6.07, 6.45) is 1.03. The highest BCUT2D eigenvalue weighted by molar-refractivity contribution is 7.80. The summed E-state index contributed by atoms with van der Waals surface area (Å²) in [6, 6.07) is 6.19. The molecule has 3 unspecified atom stereocenters. The highest BCUT2D eigenvalue weighted by Gasteiger charge is 2.52. The zero-order chi connectivity index (χ0) is 15.2. The molecule has 0 spiro atoms. The zero-order valence-electron chi connectivity index (χ0n) is 13.0. The van der Waals surface area contributed by atoms with E-state index in [2.05, 4.69) is 37.1 Å². The average molecular weight is 306 g/mol. The Bertz CT molecular complexity index is 577. The van der Waals surface area contributed by atoms with Gasteiger partial charge in [-0.25, -0.2) is 0 Å². The molecule has 1 saturated heterocycles. The van der Waals surface area contributed by atoms with Gasteiger partial charge in [0, 0.05) is 24.1 Å². The molecule has 0 radical (unpaired) electrons. The number of nitrogens with one attached hydrogen (secondary N) is 1. The van der Waals surface area contributed by atoms with E-state index in [1.165, 1.54) is 0 Å². The van der Waals surface area contributed by atoms with Crippen LogP contribution in [0, 0.1) is 5.92 Å². The van der Waals surface area contributed by atoms with Gasteiger partial charge in [-0.05, 0) is 37.7 Å². The number of fused-ring (bicyclic) bond motifs is 4. The first-order valence-corrected chi connectivity index (χ1v) is 7.87. The van der Waals surface area contributed by atoms with Crippen molar-refractivity contribution in [3.05, 3.63) is 23.8 Å². The topological polar surface area (TPSA) is 33.7 Å². The quantitative estimate of drug-likeness (QED) is 0.868. The highest BCUT2D eigenvalue weighted by Crippen LogP contribution is 2.48. The number of hydrogen-bond acceptors (Lipinski definition) is 3. The van der Waals surface area contributed by atoms with Crippen molar-refractivity contribution in [2.24, 2.45) is 5.92 Å². The smallest absolute Gasteiger partial charge is 0.186 e. The van der Waals surface area contributed by atoms with E-state index in [9.17, 15) is 0 Å². The molecule has 2 bridgehead atoms. The Hall–Kier alpha value is -1.49. The molecule has 0 aliphatic carbocycles. The molecule has 1 aromatic rings. The van der Waals surface area contributed by atoms with E-state index in [4.69, 9.17) is 21.7 Å². The number of methoxy groups -OCH3 is 1. The van der Waals surface area contributed by atoms with Gasteiger partial charge in [0.2, 0.25) is 0 Å². The van der Waals surface area contributed by atoms with Crippen LogP contribution < -0.4 is 14.8 Å². The first kappa shape index (κ1) is 14.4. The molecule has 2 aliphatic rings. The summed E-state index contributed by atoms with van der Waals surface area (Å²) in [6.45, 7) is 7.40. The van der Waals surface area contributed by atoms with Gasteiger partial charge in [0.15, 0.2) is 10.8 Å². The molecule has 0 aromatic heterocycles. The summed E-state index contributed by atoms with van der Waals surface area (Å²) in [4.78, 5) is 2.17. The third-order valence-corrected chi connectivity index (χ3v) is 5.06. The molecule has 3 rings (SSSR count). The predicted octanol–water partition coefficient (Wildman–Crippen LogP) is 3.08. The molecule has 21 heavy (non-hydrogen) atoms. The van der Waals surface area contributed by atoms with Crippen LogP contribution in [0.15, 0.2) is 18.2 Å². The van der Waals surface area contributed by atoms with Crippen LogP contribution in [0.25, 0.3) is 0 Å². The maximum atomic E-state index is 6.40. The summed E-state index contributed by atoms with van der Waals surface area (Å²) in [5.41, 5.74) is 0.738. The Kier molecular flexibility index (Phi) is 3.48. The van der Waals surface area contributed by atoms with Gasteiger partial charge >= 0.3 is 0 Å². The first-order chi connectivity index (χ1) is 10.0. The normalized spacial score (nSPS) is 30.3. The van der Waals surface area contributed by atoms with Crippen molar-refractivity contribution in [1.29, 1.82) is 0 Å². The molecular weight excluding hydrogens is 284 g/mol. The van der Waals surface area contributed by atoms with E-state index in [-0.39, 0.29) is 6.04 Å². The van der Waals surface area contributed by atoms with Gasteiger partial charge in [0.05, 0.1) is 13.2 Å². The van der Waals surface area contributed by atoms with Gasteiger partial charge in [-0.2, -0.15) is 0 Å². The minimum Gasteiger partial charge on any atom is -0.497 e. The number of thiocarbonyl (C=S) groups is 1. The zero-order valence-corrected chi connectivity index (χ0v) is 13.8. The summed E-state index contributed by atoms with van der Waals surface area (Å²) in [7, 11) is 1.67. The molecule has 114 valence electrons. The lowest BCUT2D eigenvalue weighted by atomic mass is 9.81. The van der Waals surface area contributed by atoms with Gasteiger partial charge in [0.25, 0.3) is 0 Å². The van der Waals surface area contributed by atoms with Crippen molar-refractivity contribution in [1.82, 2.24) is 10.2 Å². The van der Waals surface area contributed by atoms with Crippen LogP contribution in [0.2, 0.25) is 0 Å². The van der Waals surface area contributed by atoms with Crippen molar-refractivity contribution < 1.29 is 9.47 Å². The lowest BCUT2D eigenvalue weighted by molar-refractivity contribution is -0.110. The Morgan fingerprint density at radius 2 is 2.24 bits per heavy atom. The third-order valence-electron chi connectivity index (χ3n) is 4.72. The molecule has 2 heterocycles. The lowest BCUT2D eigenvalue weighted by Crippen LogP contribution is -2.68. The predicted molar refractivity (Wildman–Crippen MR) is 86.7 cm³/mol. The largest absolute Gasteiger partial charge is 0.497 e. The van der Waals surface area contributed by atoms with Crippen molar-refractivity contribution in [3.63, 3.8) is 0 Å². The molecule has 5 heteroatoms. The SMILES string of the molecule is CCCN1C(=S)NC2c3ccc(OC)cc3OC1(C)C2C. The highest BCUT2D eigenvalue weighted by atomic mass is 32.1. The number of hydrogen-bond donors (Lipinski definition) is 1. The Labute approximate surface area is 131 Å². The van der Waals surface area contributed by atoms with E-state index in [0.29, 0.717) is 5.92 Å². The minimum absolute atomic E-state index is 0.185. The minimum atomic E-state index is -0.414. The molecule has 1 N–H and O–H groups in total. The van der Waals surface area contributed by atoms with Crippen LogP contribution in [0.5, 0.6) is 11.5 Å². The average Bonchev–Trinajstić information content (AvgIpc) is 2.47. The van der Waals surface area contributed by atoms with E-state index >= 15 is 0 Å².